The zero-order valence-electron chi connectivity index (χ0n) is 43.3. The Morgan fingerprint density at radius 2 is 0.734 bits per heavy atom. The van der Waals surface area contributed by atoms with Gasteiger partial charge < -0.3 is 20.3 Å². The van der Waals surface area contributed by atoms with Crippen LogP contribution in [0.1, 0.15) is 322 Å². The standard InChI is InChI=1S/C58H113NO5/c1-3-5-7-9-11-13-15-17-18-19-20-21-22-23-24-25-26-27-30-34-38-42-46-50-56(61)55(54-60)59-57(62)51-47-43-39-35-31-28-29-33-37-41-45-49-53-64-58(63)52-48-44-40-36-32-16-14-12-10-8-6-4-2/h29,33,55-56,60-61H,3-28,30-32,34-54H2,1-2H3,(H,59,62)/b33-29-. The summed E-state index contributed by atoms with van der Waals surface area (Å²) in [6.45, 7) is 4.91. The van der Waals surface area contributed by atoms with Gasteiger partial charge in [-0.3, -0.25) is 9.59 Å². The van der Waals surface area contributed by atoms with Crippen LogP contribution in [0.25, 0.3) is 0 Å². The number of rotatable bonds is 54. The number of unbranched alkanes of at least 4 members (excludes halogenated alkanes) is 41. The Morgan fingerprint density at radius 3 is 1.11 bits per heavy atom. The highest BCUT2D eigenvalue weighted by Crippen LogP contribution is 2.18. The number of amides is 1. The smallest absolute Gasteiger partial charge is 0.305 e. The van der Waals surface area contributed by atoms with E-state index in [2.05, 4.69) is 31.3 Å². The van der Waals surface area contributed by atoms with Crippen LogP contribution >= 0.6 is 0 Å². The van der Waals surface area contributed by atoms with Crippen LogP contribution in [0.15, 0.2) is 12.2 Å². The molecule has 0 aromatic rings. The summed E-state index contributed by atoms with van der Waals surface area (Å²) in [5.41, 5.74) is 0. The Labute approximate surface area is 399 Å². The van der Waals surface area contributed by atoms with Crippen LogP contribution in [0.5, 0.6) is 0 Å². The van der Waals surface area contributed by atoms with Crippen molar-refractivity contribution in [2.45, 2.75) is 334 Å². The van der Waals surface area contributed by atoms with Crippen molar-refractivity contribution in [2.75, 3.05) is 13.2 Å². The average Bonchev–Trinajstić information content (AvgIpc) is 3.29. The van der Waals surface area contributed by atoms with Gasteiger partial charge >= 0.3 is 5.97 Å². The quantitative estimate of drug-likeness (QED) is 0.0321. The van der Waals surface area contributed by atoms with Crippen LogP contribution in [0.4, 0.5) is 0 Å². The predicted octanol–water partition coefficient (Wildman–Crippen LogP) is 17.7. The van der Waals surface area contributed by atoms with E-state index in [0.29, 0.717) is 25.9 Å². The molecule has 0 fully saturated rings. The summed E-state index contributed by atoms with van der Waals surface area (Å²) in [5.74, 6) is -0.0781. The number of allylic oxidation sites excluding steroid dienone is 2. The molecule has 0 heterocycles. The summed E-state index contributed by atoms with van der Waals surface area (Å²) in [7, 11) is 0. The Kier molecular flexibility index (Phi) is 53.0. The van der Waals surface area contributed by atoms with Crippen LogP contribution in [0, 0.1) is 0 Å². The van der Waals surface area contributed by atoms with Gasteiger partial charge in [0.1, 0.15) is 0 Å². The zero-order chi connectivity index (χ0) is 46.5. The number of aliphatic hydroxyl groups is 2. The monoisotopic (exact) mass is 904 g/mol. The molecule has 0 aromatic carbocycles. The fourth-order valence-electron chi connectivity index (χ4n) is 9.11. The molecule has 1 amide bonds. The molecule has 380 valence electrons. The second kappa shape index (κ2) is 54.2. The minimum atomic E-state index is -0.680. The van der Waals surface area contributed by atoms with Gasteiger partial charge in [0, 0.05) is 12.8 Å². The van der Waals surface area contributed by atoms with Crippen LogP contribution in [0.3, 0.4) is 0 Å². The van der Waals surface area contributed by atoms with E-state index in [4.69, 9.17) is 4.74 Å². The zero-order valence-corrected chi connectivity index (χ0v) is 43.3. The van der Waals surface area contributed by atoms with E-state index in [-0.39, 0.29) is 18.5 Å². The topological polar surface area (TPSA) is 95.9 Å². The highest BCUT2D eigenvalue weighted by molar-refractivity contribution is 5.76. The van der Waals surface area contributed by atoms with Crippen molar-refractivity contribution in [3.8, 4) is 0 Å². The van der Waals surface area contributed by atoms with E-state index in [9.17, 15) is 19.8 Å². The van der Waals surface area contributed by atoms with Gasteiger partial charge in [-0.25, -0.2) is 0 Å². The van der Waals surface area contributed by atoms with Crippen molar-refractivity contribution in [1.29, 1.82) is 0 Å². The van der Waals surface area contributed by atoms with Crippen molar-refractivity contribution >= 4 is 11.9 Å². The van der Waals surface area contributed by atoms with Crippen molar-refractivity contribution in [3.63, 3.8) is 0 Å². The summed E-state index contributed by atoms with van der Waals surface area (Å²) < 4.78 is 5.44. The van der Waals surface area contributed by atoms with Gasteiger partial charge in [-0.15, -0.1) is 0 Å². The lowest BCUT2D eigenvalue weighted by Crippen LogP contribution is -2.45. The molecule has 0 radical (unpaired) electrons. The molecule has 0 spiro atoms. The number of hydrogen-bond donors (Lipinski definition) is 3. The molecule has 0 aliphatic carbocycles. The number of carbonyl (C=O) groups is 2. The summed E-state index contributed by atoms with van der Waals surface area (Å²) in [5, 5.41) is 23.3. The Bertz CT molecular complexity index is 955. The van der Waals surface area contributed by atoms with Gasteiger partial charge in [-0.05, 0) is 57.8 Å². The molecule has 0 aromatic heterocycles. The van der Waals surface area contributed by atoms with Crippen molar-refractivity contribution in [2.24, 2.45) is 0 Å². The van der Waals surface area contributed by atoms with E-state index in [0.717, 1.165) is 77.0 Å². The van der Waals surface area contributed by atoms with Crippen LogP contribution in [0.2, 0.25) is 0 Å². The highest BCUT2D eigenvalue weighted by atomic mass is 16.5. The molecular formula is C58H113NO5. The number of nitrogens with one attached hydrogen (secondary N) is 1. The number of esters is 1. The number of aliphatic hydroxyl groups excluding tert-OH is 2. The lowest BCUT2D eigenvalue weighted by atomic mass is 10.0. The molecule has 0 rings (SSSR count). The van der Waals surface area contributed by atoms with E-state index in [1.807, 2.05) is 0 Å². The van der Waals surface area contributed by atoms with Crippen LogP contribution in [-0.4, -0.2) is 47.4 Å². The normalized spacial score (nSPS) is 12.6. The van der Waals surface area contributed by atoms with Gasteiger partial charge in [0.2, 0.25) is 5.91 Å². The minimum Gasteiger partial charge on any atom is -0.466 e. The Hall–Kier alpha value is -1.40. The summed E-state index contributed by atoms with van der Waals surface area (Å²) in [4.78, 5) is 24.5. The molecule has 2 unspecified atom stereocenters. The van der Waals surface area contributed by atoms with E-state index in [1.165, 1.54) is 212 Å². The molecule has 0 aliphatic rings. The predicted molar refractivity (Wildman–Crippen MR) is 278 cm³/mol. The first-order chi connectivity index (χ1) is 31.5. The van der Waals surface area contributed by atoms with Gasteiger partial charge in [0.25, 0.3) is 0 Å². The summed E-state index contributed by atoms with van der Waals surface area (Å²) in [6.07, 6.45) is 63.5. The maximum absolute atomic E-state index is 12.5. The molecule has 3 N–H and O–H groups in total. The molecule has 0 saturated carbocycles. The van der Waals surface area contributed by atoms with Gasteiger partial charge in [0.15, 0.2) is 0 Å². The second-order valence-corrected chi connectivity index (χ2v) is 20.0. The maximum atomic E-state index is 12.5. The Morgan fingerprint density at radius 1 is 0.422 bits per heavy atom. The maximum Gasteiger partial charge on any atom is 0.305 e. The average molecular weight is 905 g/mol. The van der Waals surface area contributed by atoms with Crippen molar-refractivity contribution in [1.82, 2.24) is 5.32 Å². The van der Waals surface area contributed by atoms with E-state index in [1.54, 1.807) is 0 Å². The highest BCUT2D eigenvalue weighted by Gasteiger charge is 2.20. The van der Waals surface area contributed by atoms with Gasteiger partial charge in [0.05, 0.1) is 25.4 Å². The van der Waals surface area contributed by atoms with Gasteiger partial charge in [-0.2, -0.15) is 0 Å². The molecule has 64 heavy (non-hydrogen) atoms. The molecule has 0 saturated heterocycles. The first-order valence-electron chi connectivity index (χ1n) is 28.9. The van der Waals surface area contributed by atoms with E-state index < -0.39 is 12.1 Å². The van der Waals surface area contributed by atoms with Crippen molar-refractivity contribution < 1.29 is 24.5 Å². The van der Waals surface area contributed by atoms with Crippen LogP contribution < -0.4 is 5.32 Å². The summed E-state index contributed by atoms with van der Waals surface area (Å²) in [6, 6.07) is -0.560. The third kappa shape index (κ3) is 50.0. The van der Waals surface area contributed by atoms with Crippen molar-refractivity contribution in [3.05, 3.63) is 12.2 Å². The third-order valence-corrected chi connectivity index (χ3v) is 13.6. The number of ether oxygens (including phenoxy) is 1. The fraction of sp³-hybridized carbons (Fsp3) is 0.931. The molecule has 0 aliphatic heterocycles. The number of hydrogen-bond acceptors (Lipinski definition) is 5. The molecule has 2 atom stereocenters. The lowest BCUT2D eigenvalue weighted by molar-refractivity contribution is -0.143. The first-order valence-corrected chi connectivity index (χ1v) is 28.9. The minimum absolute atomic E-state index is 0.0210. The SMILES string of the molecule is CCCCCCCCCCCCCCCCCCCCCCCCCC(O)C(CO)NC(=O)CCCCCCC/C=C\CCCCCOC(=O)CCCCCCCCCCCCCC. The molecule has 6 heteroatoms. The second-order valence-electron chi connectivity index (χ2n) is 20.0. The molecule has 6 nitrogen and oxygen atoms in total. The fourth-order valence-corrected chi connectivity index (χ4v) is 9.11. The first kappa shape index (κ1) is 62.6. The summed E-state index contributed by atoms with van der Waals surface area (Å²) >= 11 is 0. The Balaban J connectivity index is 3.48. The largest absolute Gasteiger partial charge is 0.466 e. The number of carbonyl (C=O) groups excluding carboxylic acids is 2. The molecular weight excluding hydrogens is 791 g/mol. The molecule has 0 bridgehead atoms. The lowest BCUT2D eigenvalue weighted by Gasteiger charge is -2.22. The third-order valence-electron chi connectivity index (χ3n) is 13.6. The van der Waals surface area contributed by atoms with Crippen LogP contribution in [-0.2, 0) is 14.3 Å². The van der Waals surface area contributed by atoms with E-state index >= 15 is 0 Å². The van der Waals surface area contributed by atoms with Gasteiger partial charge in [-0.1, -0.05) is 264 Å².